The Kier molecular flexibility index (Phi) is 10.2. The first-order valence-electron chi connectivity index (χ1n) is 9.46. The van der Waals surface area contributed by atoms with Crippen molar-refractivity contribution in [3.63, 3.8) is 0 Å². The Morgan fingerprint density at radius 1 is 1.26 bits per heavy atom. The summed E-state index contributed by atoms with van der Waals surface area (Å²) in [4.78, 5) is 6.89. The Bertz CT molecular complexity index is 573. The molecule has 0 saturated carbocycles. The second-order valence-corrected chi connectivity index (χ2v) is 9.68. The molecule has 0 aliphatic carbocycles. The van der Waals surface area contributed by atoms with Crippen molar-refractivity contribution < 1.29 is 17.9 Å². The molecule has 0 unspecified atom stereocenters. The van der Waals surface area contributed by atoms with E-state index in [1.165, 1.54) is 0 Å². The molecule has 8 nitrogen and oxygen atoms in total. The summed E-state index contributed by atoms with van der Waals surface area (Å²) in [7, 11) is -3.27. The number of nitrogens with one attached hydrogen (secondary N) is 1. The highest BCUT2D eigenvalue weighted by Gasteiger charge is 2.34. The van der Waals surface area contributed by atoms with Crippen molar-refractivity contribution in [2.75, 3.05) is 64.8 Å². The van der Waals surface area contributed by atoms with Crippen LogP contribution in [0.4, 0.5) is 0 Å². The third kappa shape index (κ3) is 7.64. The zero-order valence-electron chi connectivity index (χ0n) is 16.9. The van der Waals surface area contributed by atoms with Crippen LogP contribution in [0.3, 0.4) is 0 Å². The largest absolute Gasteiger partial charge is 0.380 e. The fourth-order valence-corrected chi connectivity index (χ4v) is 4.21. The number of ether oxygens (including phenoxy) is 2. The lowest BCUT2D eigenvalue weighted by atomic mass is 9.89. The fourth-order valence-electron chi connectivity index (χ4n) is 2.93. The van der Waals surface area contributed by atoms with Gasteiger partial charge in [-0.05, 0) is 20.8 Å². The molecule has 1 N–H and O–H groups in total. The average molecular weight is 518 g/mol. The Balaban J connectivity index is 0.00000364. The number of sulfonamides is 1. The van der Waals surface area contributed by atoms with Gasteiger partial charge < -0.3 is 19.7 Å². The summed E-state index contributed by atoms with van der Waals surface area (Å²) in [5.74, 6) is 0.901. The van der Waals surface area contributed by atoms with Gasteiger partial charge in [0, 0.05) is 38.1 Å². The molecule has 0 aromatic carbocycles. The number of halogens is 1. The number of hydrogen-bond donors (Lipinski definition) is 1. The summed E-state index contributed by atoms with van der Waals surface area (Å²) in [5, 5.41) is 3.32. The summed E-state index contributed by atoms with van der Waals surface area (Å²) in [6.07, 6.45) is 0.0452. The lowest BCUT2D eigenvalue weighted by Crippen LogP contribution is -2.54. The Morgan fingerprint density at radius 3 is 2.37 bits per heavy atom. The van der Waals surface area contributed by atoms with Crippen LogP contribution in [-0.2, 0) is 19.5 Å². The van der Waals surface area contributed by atoms with E-state index in [1.54, 1.807) is 4.31 Å². The quantitative estimate of drug-likeness (QED) is 0.293. The zero-order chi connectivity index (χ0) is 19.2. The van der Waals surface area contributed by atoms with Crippen LogP contribution in [-0.4, -0.2) is 94.5 Å². The van der Waals surface area contributed by atoms with Crippen molar-refractivity contribution in [2.45, 2.75) is 33.8 Å². The second-order valence-electron chi connectivity index (χ2n) is 7.60. The maximum Gasteiger partial charge on any atom is 0.216 e. The highest BCUT2D eigenvalue weighted by atomic mass is 127. The molecule has 2 aliphatic rings. The number of hydrogen-bond acceptors (Lipinski definition) is 5. The van der Waals surface area contributed by atoms with E-state index in [2.05, 4.69) is 17.1 Å². The lowest BCUT2D eigenvalue weighted by Gasteiger charge is -2.38. The van der Waals surface area contributed by atoms with Gasteiger partial charge in [-0.25, -0.2) is 8.42 Å². The second kappa shape index (κ2) is 11.1. The molecule has 27 heavy (non-hydrogen) atoms. The molecule has 2 saturated heterocycles. The van der Waals surface area contributed by atoms with Gasteiger partial charge >= 0.3 is 0 Å². The molecule has 2 heterocycles. The summed E-state index contributed by atoms with van der Waals surface area (Å²) >= 11 is 0. The van der Waals surface area contributed by atoms with Crippen molar-refractivity contribution in [2.24, 2.45) is 10.4 Å². The number of guanidine groups is 1. The third-order valence-corrected chi connectivity index (χ3v) is 6.41. The number of rotatable bonds is 8. The van der Waals surface area contributed by atoms with E-state index in [4.69, 9.17) is 14.5 Å². The van der Waals surface area contributed by atoms with Crippen molar-refractivity contribution in [3.05, 3.63) is 0 Å². The Hall–Kier alpha value is -0.170. The third-order valence-electron chi connectivity index (χ3n) is 4.57. The summed E-state index contributed by atoms with van der Waals surface area (Å²) in [6, 6.07) is 0. The van der Waals surface area contributed by atoms with E-state index in [0.29, 0.717) is 26.2 Å². The predicted octanol–water partition coefficient (Wildman–Crippen LogP) is 0.979. The SMILES string of the molecule is CCNC(=NCC1(C)COC1)N1CCN(S(=O)(=O)CCOC(C)C)CC1.I. The van der Waals surface area contributed by atoms with Crippen LogP contribution < -0.4 is 5.32 Å². The molecule has 0 spiro atoms. The minimum atomic E-state index is -3.27. The minimum absolute atomic E-state index is 0. The highest BCUT2D eigenvalue weighted by Crippen LogP contribution is 2.26. The van der Waals surface area contributed by atoms with Gasteiger partial charge in [-0.15, -0.1) is 24.0 Å². The molecule has 0 aromatic heterocycles. The first-order chi connectivity index (χ1) is 12.3. The van der Waals surface area contributed by atoms with Crippen LogP contribution in [0, 0.1) is 5.41 Å². The van der Waals surface area contributed by atoms with Crippen LogP contribution in [0.25, 0.3) is 0 Å². The van der Waals surface area contributed by atoms with Crippen molar-refractivity contribution >= 4 is 40.0 Å². The average Bonchev–Trinajstić information content (AvgIpc) is 2.56. The first-order valence-corrected chi connectivity index (χ1v) is 11.1. The van der Waals surface area contributed by atoms with E-state index in [0.717, 1.165) is 32.3 Å². The van der Waals surface area contributed by atoms with Crippen LogP contribution in [0.2, 0.25) is 0 Å². The van der Waals surface area contributed by atoms with Crippen LogP contribution in [0.5, 0.6) is 0 Å². The highest BCUT2D eigenvalue weighted by molar-refractivity contribution is 14.0. The fraction of sp³-hybridized carbons (Fsp3) is 0.941. The maximum atomic E-state index is 12.4. The van der Waals surface area contributed by atoms with Gasteiger partial charge in [0.15, 0.2) is 5.96 Å². The maximum absolute atomic E-state index is 12.4. The van der Waals surface area contributed by atoms with Gasteiger partial charge in [0.2, 0.25) is 10.0 Å². The molecule has 0 atom stereocenters. The van der Waals surface area contributed by atoms with Gasteiger partial charge in [0.1, 0.15) is 0 Å². The van der Waals surface area contributed by atoms with Crippen LogP contribution in [0.1, 0.15) is 27.7 Å². The molecule has 0 aromatic rings. The molecule has 0 bridgehead atoms. The first kappa shape index (κ1) is 24.9. The molecule has 10 heteroatoms. The van der Waals surface area contributed by atoms with Gasteiger partial charge in [-0.1, -0.05) is 6.92 Å². The topological polar surface area (TPSA) is 83.5 Å². The molecular weight excluding hydrogens is 483 g/mol. The van der Waals surface area contributed by atoms with Gasteiger partial charge in [0.25, 0.3) is 0 Å². The van der Waals surface area contributed by atoms with Gasteiger partial charge in [-0.3, -0.25) is 4.99 Å². The molecule has 160 valence electrons. The Morgan fingerprint density at radius 2 is 1.89 bits per heavy atom. The van der Waals surface area contributed by atoms with Crippen molar-refractivity contribution in [1.82, 2.24) is 14.5 Å². The summed E-state index contributed by atoms with van der Waals surface area (Å²) < 4.78 is 37.1. The molecule has 0 amide bonds. The van der Waals surface area contributed by atoms with E-state index >= 15 is 0 Å². The van der Waals surface area contributed by atoms with E-state index in [-0.39, 0.29) is 47.9 Å². The lowest BCUT2D eigenvalue weighted by molar-refractivity contribution is -0.0946. The molecule has 2 fully saturated rings. The predicted molar refractivity (Wildman–Crippen MR) is 118 cm³/mol. The molecule has 2 aliphatic heterocycles. The van der Waals surface area contributed by atoms with Crippen LogP contribution in [0.15, 0.2) is 4.99 Å². The summed E-state index contributed by atoms with van der Waals surface area (Å²) in [6.45, 7) is 13.5. The molecule has 0 radical (unpaired) electrons. The number of piperazine rings is 1. The van der Waals surface area contributed by atoms with Crippen molar-refractivity contribution in [3.8, 4) is 0 Å². The van der Waals surface area contributed by atoms with Gasteiger partial charge in [0.05, 0.1) is 38.2 Å². The molecular formula is C17H35IN4O4S. The van der Waals surface area contributed by atoms with Gasteiger partial charge in [-0.2, -0.15) is 4.31 Å². The van der Waals surface area contributed by atoms with Crippen molar-refractivity contribution in [1.29, 1.82) is 0 Å². The summed E-state index contributed by atoms with van der Waals surface area (Å²) in [5.41, 5.74) is 0.127. The zero-order valence-corrected chi connectivity index (χ0v) is 20.1. The van der Waals surface area contributed by atoms with E-state index in [9.17, 15) is 8.42 Å². The monoisotopic (exact) mass is 518 g/mol. The number of aliphatic imine (C=N–C) groups is 1. The standard InChI is InChI=1S/C17H34N4O4S.HI/c1-5-18-16(19-12-17(4)13-24-14-17)20-6-8-21(9-7-20)26(22,23)11-10-25-15(2)3;/h15H,5-14H2,1-4H3,(H,18,19);1H. The van der Waals surface area contributed by atoms with E-state index in [1.807, 2.05) is 20.8 Å². The smallest absolute Gasteiger partial charge is 0.216 e. The Labute approximate surface area is 181 Å². The van der Waals surface area contributed by atoms with E-state index < -0.39 is 10.0 Å². The van der Waals surface area contributed by atoms with Crippen LogP contribution >= 0.6 is 24.0 Å². The number of nitrogens with zero attached hydrogens (tertiary/aromatic N) is 3. The normalized spacial score (nSPS) is 20.9. The minimum Gasteiger partial charge on any atom is -0.380 e. The molecule has 2 rings (SSSR count).